The van der Waals surface area contributed by atoms with Crippen LogP contribution in [0.4, 0.5) is 0 Å². The molecule has 1 fully saturated rings. The van der Waals surface area contributed by atoms with Gasteiger partial charge in [-0.25, -0.2) is 0 Å². The summed E-state index contributed by atoms with van der Waals surface area (Å²) in [7, 11) is -3.01. The van der Waals surface area contributed by atoms with Gasteiger partial charge in [0, 0.05) is 12.6 Å². The number of rotatable bonds is 9. The van der Waals surface area contributed by atoms with Gasteiger partial charge in [-0.15, -0.1) is 0 Å². The van der Waals surface area contributed by atoms with Crippen molar-refractivity contribution < 1.29 is 13.6 Å². The number of nitrogens with zero attached hydrogens (tertiary/aromatic N) is 1. The van der Waals surface area contributed by atoms with E-state index in [0.717, 1.165) is 19.4 Å². The van der Waals surface area contributed by atoms with Gasteiger partial charge in [0.25, 0.3) is 0 Å². The lowest BCUT2D eigenvalue weighted by atomic mass is 10.0. The summed E-state index contributed by atoms with van der Waals surface area (Å²) in [5.41, 5.74) is 1.28. The van der Waals surface area contributed by atoms with Gasteiger partial charge in [-0.3, -0.25) is 9.46 Å². The van der Waals surface area contributed by atoms with E-state index in [1.54, 1.807) is 0 Å². The van der Waals surface area contributed by atoms with Crippen molar-refractivity contribution in [2.24, 2.45) is 0 Å². The summed E-state index contributed by atoms with van der Waals surface area (Å²) in [6, 6.07) is 10.7. The molecule has 1 aromatic rings. The molecule has 1 aliphatic rings. The van der Waals surface area contributed by atoms with Crippen molar-refractivity contribution in [1.82, 2.24) is 4.90 Å². The van der Waals surface area contributed by atoms with E-state index in [4.69, 9.17) is 9.05 Å². The minimum atomic E-state index is -3.01. The lowest BCUT2D eigenvalue weighted by Gasteiger charge is -2.22. The Morgan fingerprint density at radius 2 is 1.81 bits per heavy atom. The number of hydrogen-bond donors (Lipinski definition) is 0. The molecule has 1 aliphatic heterocycles. The molecule has 4 nitrogen and oxygen atoms in total. The highest BCUT2D eigenvalue weighted by atomic mass is 31.2. The maximum Gasteiger partial charge on any atom is 0.348 e. The summed E-state index contributed by atoms with van der Waals surface area (Å²) in [6.45, 7) is 7.53. The molecule has 1 aromatic carbocycles. The van der Waals surface area contributed by atoms with E-state index >= 15 is 0 Å². The smallest absolute Gasteiger partial charge is 0.308 e. The van der Waals surface area contributed by atoms with Crippen LogP contribution in [0.1, 0.15) is 45.2 Å². The molecule has 1 saturated heterocycles. The van der Waals surface area contributed by atoms with Gasteiger partial charge < -0.3 is 9.05 Å². The molecule has 0 aliphatic carbocycles. The molecule has 2 rings (SSSR count). The molecular formula is C16H26NO3P. The monoisotopic (exact) mass is 311 g/mol. The Hall–Kier alpha value is -0.670. The van der Waals surface area contributed by atoms with E-state index in [1.165, 1.54) is 5.56 Å². The van der Waals surface area contributed by atoms with Crippen LogP contribution in [0, 0.1) is 0 Å². The molecule has 0 amide bonds. The summed E-state index contributed by atoms with van der Waals surface area (Å²) < 4.78 is 23.8. The second kappa shape index (κ2) is 7.55. The van der Waals surface area contributed by atoms with E-state index < -0.39 is 7.60 Å². The third-order valence-corrected chi connectivity index (χ3v) is 6.18. The highest BCUT2D eigenvalue weighted by molar-refractivity contribution is 7.55. The average molecular weight is 311 g/mol. The Morgan fingerprint density at radius 3 is 2.33 bits per heavy atom. The van der Waals surface area contributed by atoms with Gasteiger partial charge >= 0.3 is 7.60 Å². The van der Waals surface area contributed by atoms with Gasteiger partial charge in [-0.1, -0.05) is 43.7 Å². The first-order valence-electron chi connectivity index (χ1n) is 7.85. The van der Waals surface area contributed by atoms with Crippen LogP contribution in [0.3, 0.4) is 0 Å². The standard InChI is InChI=1S/C16H26NO3P/c1-4-10-15(14-11-8-7-9-12-14)17-13-16(17)21(18,19-5-2)20-6-3/h7-9,11-12,15-16H,4-6,10,13H2,1-3H3/t15-,16-,17?/m1/s1. The molecule has 21 heavy (non-hydrogen) atoms. The second-order valence-electron chi connectivity index (χ2n) is 5.27. The van der Waals surface area contributed by atoms with Crippen molar-refractivity contribution in [3.8, 4) is 0 Å². The predicted octanol–water partition coefficient (Wildman–Crippen LogP) is 4.44. The molecule has 5 heteroatoms. The average Bonchev–Trinajstić information content (AvgIpc) is 3.27. The van der Waals surface area contributed by atoms with Crippen LogP contribution < -0.4 is 0 Å². The van der Waals surface area contributed by atoms with E-state index in [2.05, 4.69) is 36.1 Å². The highest BCUT2D eigenvalue weighted by Gasteiger charge is 2.53. The van der Waals surface area contributed by atoms with Gasteiger partial charge in [-0.05, 0) is 25.8 Å². The van der Waals surface area contributed by atoms with Crippen molar-refractivity contribution in [2.75, 3.05) is 19.8 Å². The van der Waals surface area contributed by atoms with Crippen LogP contribution in [-0.4, -0.2) is 30.4 Å². The minimum Gasteiger partial charge on any atom is -0.308 e. The third-order valence-electron chi connectivity index (χ3n) is 3.75. The molecule has 0 N–H and O–H groups in total. The van der Waals surface area contributed by atoms with Crippen molar-refractivity contribution in [2.45, 2.75) is 45.4 Å². The fraction of sp³-hybridized carbons (Fsp3) is 0.625. The van der Waals surface area contributed by atoms with Crippen molar-refractivity contribution in [1.29, 1.82) is 0 Å². The highest BCUT2D eigenvalue weighted by Crippen LogP contribution is 2.61. The van der Waals surface area contributed by atoms with Crippen LogP contribution in [0.25, 0.3) is 0 Å². The van der Waals surface area contributed by atoms with Gasteiger partial charge in [-0.2, -0.15) is 0 Å². The molecule has 0 spiro atoms. The maximum absolute atomic E-state index is 12.8. The Labute approximate surface area is 128 Å². The van der Waals surface area contributed by atoms with Crippen molar-refractivity contribution in [3.63, 3.8) is 0 Å². The number of hydrogen-bond acceptors (Lipinski definition) is 4. The van der Waals surface area contributed by atoms with Gasteiger partial charge in [0.15, 0.2) is 0 Å². The maximum atomic E-state index is 12.8. The Morgan fingerprint density at radius 1 is 1.19 bits per heavy atom. The summed E-state index contributed by atoms with van der Waals surface area (Å²) in [6.07, 6.45) is 2.15. The molecule has 0 bridgehead atoms. The van der Waals surface area contributed by atoms with E-state index in [-0.39, 0.29) is 5.78 Å². The molecule has 0 saturated carbocycles. The third kappa shape index (κ3) is 3.95. The summed E-state index contributed by atoms with van der Waals surface area (Å²) in [4.78, 5) is 2.25. The first-order chi connectivity index (χ1) is 10.2. The summed E-state index contributed by atoms with van der Waals surface area (Å²) in [5, 5.41) is 0. The lowest BCUT2D eigenvalue weighted by molar-refractivity contribution is 0.210. The Bertz CT molecular complexity index is 470. The molecule has 3 atom stereocenters. The normalized spacial score (nSPS) is 23.0. The molecule has 0 radical (unpaired) electrons. The molecule has 0 aromatic heterocycles. The van der Waals surface area contributed by atoms with E-state index in [1.807, 2.05) is 19.9 Å². The molecule has 1 heterocycles. The SMILES string of the molecule is CCC[C@H](c1ccccc1)N1C[C@H]1P(=O)(OCC)OCC. The van der Waals surface area contributed by atoms with E-state index in [9.17, 15) is 4.57 Å². The number of benzene rings is 1. The van der Waals surface area contributed by atoms with Gasteiger partial charge in [0.1, 0.15) is 5.78 Å². The van der Waals surface area contributed by atoms with Crippen LogP contribution in [-0.2, 0) is 13.6 Å². The predicted molar refractivity (Wildman–Crippen MR) is 85.4 cm³/mol. The fourth-order valence-corrected chi connectivity index (χ4v) is 4.85. The quantitative estimate of drug-likeness (QED) is 0.499. The van der Waals surface area contributed by atoms with Crippen LogP contribution in [0.5, 0.6) is 0 Å². The Kier molecular flexibility index (Phi) is 6.00. The first kappa shape index (κ1) is 16.7. The van der Waals surface area contributed by atoms with Crippen LogP contribution in [0.15, 0.2) is 30.3 Å². The lowest BCUT2D eigenvalue weighted by Crippen LogP contribution is -2.14. The van der Waals surface area contributed by atoms with Gasteiger partial charge in [0.2, 0.25) is 0 Å². The first-order valence-corrected chi connectivity index (χ1v) is 9.46. The molecule has 1 unspecified atom stereocenters. The molecular weight excluding hydrogens is 285 g/mol. The zero-order valence-corrected chi connectivity index (χ0v) is 14.1. The summed E-state index contributed by atoms with van der Waals surface area (Å²) in [5.74, 6) is -0.0887. The topological polar surface area (TPSA) is 38.5 Å². The van der Waals surface area contributed by atoms with Crippen LogP contribution in [0.2, 0.25) is 0 Å². The van der Waals surface area contributed by atoms with Crippen molar-refractivity contribution >= 4 is 7.60 Å². The summed E-state index contributed by atoms with van der Waals surface area (Å²) >= 11 is 0. The Balaban J connectivity index is 2.12. The van der Waals surface area contributed by atoms with Crippen LogP contribution >= 0.6 is 7.60 Å². The minimum absolute atomic E-state index is 0.0887. The zero-order chi connectivity index (χ0) is 15.3. The largest absolute Gasteiger partial charge is 0.348 e. The fourth-order valence-electron chi connectivity index (χ4n) is 2.80. The van der Waals surface area contributed by atoms with Gasteiger partial charge in [0.05, 0.1) is 13.2 Å². The molecule has 118 valence electrons. The zero-order valence-electron chi connectivity index (χ0n) is 13.2. The second-order valence-corrected chi connectivity index (χ2v) is 7.46. The van der Waals surface area contributed by atoms with Crippen molar-refractivity contribution in [3.05, 3.63) is 35.9 Å². The van der Waals surface area contributed by atoms with E-state index in [0.29, 0.717) is 19.3 Å².